The zero-order valence-electron chi connectivity index (χ0n) is 16.5. The summed E-state index contributed by atoms with van der Waals surface area (Å²) in [7, 11) is 0. The van der Waals surface area contributed by atoms with E-state index < -0.39 is 5.97 Å². The summed E-state index contributed by atoms with van der Waals surface area (Å²) in [5.74, 6) is -0.741. The number of nitrogens with zero attached hydrogens (tertiary/aromatic N) is 1. The number of aliphatic carboxylic acids is 1. The molecular formula is C25H25NO3. The minimum absolute atomic E-state index is 0.0379. The van der Waals surface area contributed by atoms with Gasteiger partial charge >= 0.3 is 5.97 Å². The first-order valence-electron chi connectivity index (χ1n) is 9.77. The Labute approximate surface area is 171 Å². The van der Waals surface area contributed by atoms with Gasteiger partial charge in [0.2, 0.25) is 5.78 Å². The van der Waals surface area contributed by atoms with Gasteiger partial charge in [0.15, 0.2) is 0 Å². The van der Waals surface area contributed by atoms with Crippen molar-refractivity contribution >= 4 is 17.8 Å². The van der Waals surface area contributed by atoms with Gasteiger partial charge in [-0.1, -0.05) is 66.2 Å². The fraction of sp³-hybridized carbons (Fsp3) is 0.200. The molecule has 0 aliphatic heterocycles. The number of carboxylic acid groups (broad SMARTS) is 1. The predicted octanol–water partition coefficient (Wildman–Crippen LogP) is 5.15. The lowest BCUT2D eigenvalue weighted by Gasteiger charge is -2.07. The van der Waals surface area contributed by atoms with E-state index in [1.54, 1.807) is 0 Å². The molecule has 0 bridgehead atoms. The Morgan fingerprint density at radius 1 is 1.00 bits per heavy atom. The maximum Gasteiger partial charge on any atom is 0.303 e. The Morgan fingerprint density at radius 2 is 1.72 bits per heavy atom. The first-order chi connectivity index (χ1) is 14.0. The zero-order valence-corrected chi connectivity index (χ0v) is 16.5. The number of ketones is 1. The first-order valence-corrected chi connectivity index (χ1v) is 9.77. The molecule has 2 aromatic carbocycles. The summed E-state index contributed by atoms with van der Waals surface area (Å²) in [5, 5.41) is 8.75. The molecule has 0 saturated carbocycles. The minimum atomic E-state index is -0.779. The van der Waals surface area contributed by atoms with E-state index in [1.165, 1.54) is 0 Å². The van der Waals surface area contributed by atoms with Crippen LogP contribution >= 0.6 is 0 Å². The molecule has 0 fully saturated rings. The Bertz CT molecular complexity index is 995. The van der Waals surface area contributed by atoms with E-state index in [1.807, 2.05) is 84.4 Å². The van der Waals surface area contributed by atoms with Crippen molar-refractivity contribution in [3.05, 3.63) is 101 Å². The SMILES string of the molecule is Cc1ccc(C(=O)c2cccn2CC/C=C/c2ccc(CCC(=O)O)cc2)cc1. The van der Waals surface area contributed by atoms with E-state index in [9.17, 15) is 9.59 Å². The van der Waals surface area contributed by atoms with Gasteiger partial charge in [0.05, 0.1) is 5.69 Å². The molecule has 1 heterocycles. The molecule has 0 unspecified atom stereocenters. The number of carbonyl (C=O) groups is 2. The van der Waals surface area contributed by atoms with Gasteiger partial charge in [-0.3, -0.25) is 9.59 Å². The number of aryl methyl sites for hydroxylation is 3. The topological polar surface area (TPSA) is 59.3 Å². The van der Waals surface area contributed by atoms with Crippen LogP contribution in [0.1, 0.15) is 45.6 Å². The second-order valence-corrected chi connectivity index (χ2v) is 7.11. The molecule has 0 aliphatic rings. The summed E-state index contributed by atoms with van der Waals surface area (Å²) in [6.07, 6.45) is 7.58. The third kappa shape index (κ3) is 5.79. The van der Waals surface area contributed by atoms with Gasteiger partial charge in [0.1, 0.15) is 0 Å². The van der Waals surface area contributed by atoms with Crippen LogP contribution in [0.2, 0.25) is 0 Å². The average Bonchev–Trinajstić information content (AvgIpc) is 3.19. The first kappa shape index (κ1) is 20.3. The highest BCUT2D eigenvalue weighted by atomic mass is 16.4. The predicted molar refractivity (Wildman–Crippen MR) is 115 cm³/mol. The molecule has 0 saturated heterocycles. The van der Waals surface area contributed by atoms with Gasteiger partial charge in [-0.2, -0.15) is 0 Å². The normalized spacial score (nSPS) is 11.1. The second kappa shape index (κ2) is 9.69. The number of hydrogen-bond donors (Lipinski definition) is 1. The standard InChI is InChI=1S/C25H25NO3/c1-19-7-14-22(15-8-19)25(29)23-6-4-18-26(23)17-3-2-5-20-9-11-21(12-10-20)13-16-24(27)28/h2,4-12,14-15,18H,3,13,16-17H2,1H3,(H,27,28)/b5-2+. The van der Waals surface area contributed by atoms with Gasteiger partial charge in [0.25, 0.3) is 0 Å². The van der Waals surface area contributed by atoms with Crippen LogP contribution in [0, 0.1) is 6.92 Å². The smallest absolute Gasteiger partial charge is 0.303 e. The molecule has 4 heteroatoms. The third-order valence-electron chi connectivity index (χ3n) is 4.83. The summed E-state index contributed by atoms with van der Waals surface area (Å²) in [6, 6.07) is 19.3. The number of allylic oxidation sites excluding steroid dienone is 1. The van der Waals surface area contributed by atoms with Crippen molar-refractivity contribution in [1.29, 1.82) is 0 Å². The van der Waals surface area contributed by atoms with Crippen LogP contribution in [-0.2, 0) is 17.8 Å². The van der Waals surface area contributed by atoms with Gasteiger partial charge < -0.3 is 9.67 Å². The van der Waals surface area contributed by atoms with E-state index in [2.05, 4.69) is 6.08 Å². The van der Waals surface area contributed by atoms with Crippen LogP contribution in [-0.4, -0.2) is 21.4 Å². The number of carbonyl (C=O) groups excluding carboxylic acids is 1. The summed E-state index contributed by atoms with van der Waals surface area (Å²) in [4.78, 5) is 23.4. The highest BCUT2D eigenvalue weighted by Crippen LogP contribution is 2.13. The van der Waals surface area contributed by atoms with E-state index >= 15 is 0 Å². The Kier molecular flexibility index (Phi) is 6.80. The molecule has 29 heavy (non-hydrogen) atoms. The average molecular weight is 387 g/mol. The van der Waals surface area contributed by atoms with Gasteiger partial charge in [-0.25, -0.2) is 0 Å². The van der Waals surface area contributed by atoms with Gasteiger partial charge in [-0.15, -0.1) is 0 Å². The molecule has 0 spiro atoms. The third-order valence-corrected chi connectivity index (χ3v) is 4.83. The van der Waals surface area contributed by atoms with Crippen molar-refractivity contribution in [2.75, 3.05) is 0 Å². The van der Waals surface area contributed by atoms with E-state index in [-0.39, 0.29) is 12.2 Å². The van der Waals surface area contributed by atoms with Crippen LogP contribution in [0.3, 0.4) is 0 Å². The lowest BCUT2D eigenvalue weighted by atomic mass is 10.1. The molecular weight excluding hydrogens is 362 g/mol. The summed E-state index contributed by atoms with van der Waals surface area (Å²) in [6.45, 7) is 2.74. The number of rotatable bonds is 9. The van der Waals surface area contributed by atoms with Crippen molar-refractivity contribution in [2.45, 2.75) is 32.7 Å². The van der Waals surface area contributed by atoms with Crippen LogP contribution in [0.15, 0.2) is 72.9 Å². The van der Waals surface area contributed by atoms with Crippen molar-refractivity contribution in [2.24, 2.45) is 0 Å². The molecule has 3 aromatic rings. The fourth-order valence-corrected chi connectivity index (χ4v) is 3.15. The number of carboxylic acids is 1. The summed E-state index contributed by atoms with van der Waals surface area (Å²) < 4.78 is 1.99. The Hall–Kier alpha value is -3.40. The van der Waals surface area contributed by atoms with E-state index in [4.69, 9.17) is 5.11 Å². The van der Waals surface area contributed by atoms with Crippen LogP contribution in [0.25, 0.3) is 6.08 Å². The van der Waals surface area contributed by atoms with Crippen LogP contribution < -0.4 is 0 Å². The molecule has 1 aromatic heterocycles. The highest BCUT2D eigenvalue weighted by Gasteiger charge is 2.12. The number of hydrogen-bond acceptors (Lipinski definition) is 2. The number of aromatic nitrogens is 1. The molecule has 0 aliphatic carbocycles. The second-order valence-electron chi connectivity index (χ2n) is 7.11. The number of benzene rings is 2. The molecule has 1 N–H and O–H groups in total. The van der Waals surface area contributed by atoms with Crippen LogP contribution in [0.5, 0.6) is 0 Å². The Morgan fingerprint density at radius 3 is 2.41 bits per heavy atom. The molecule has 4 nitrogen and oxygen atoms in total. The lowest BCUT2D eigenvalue weighted by molar-refractivity contribution is -0.136. The van der Waals surface area contributed by atoms with E-state index in [0.29, 0.717) is 17.7 Å². The highest BCUT2D eigenvalue weighted by molar-refractivity contribution is 6.08. The lowest BCUT2D eigenvalue weighted by Crippen LogP contribution is -2.09. The van der Waals surface area contributed by atoms with Crippen molar-refractivity contribution in [1.82, 2.24) is 4.57 Å². The minimum Gasteiger partial charge on any atom is -0.481 e. The summed E-state index contributed by atoms with van der Waals surface area (Å²) >= 11 is 0. The molecule has 0 radical (unpaired) electrons. The van der Waals surface area contributed by atoms with Crippen molar-refractivity contribution in [3.63, 3.8) is 0 Å². The van der Waals surface area contributed by atoms with Gasteiger partial charge in [-0.05, 0) is 43.0 Å². The van der Waals surface area contributed by atoms with Crippen molar-refractivity contribution < 1.29 is 14.7 Å². The zero-order chi connectivity index (χ0) is 20.6. The molecule has 148 valence electrons. The van der Waals surface area contributed by atoms with Gasteiger partial charge in [0, 0.05) is 24.7 Å². The molecule has 0 amide bonds. The summed E-state index contributed by atoms with van der Waals surface area (Å²) in [5.41, 5.74) is 4.64. The van der Waals surface area contributed by atoms with Crippen molar-refractivity contribution in [3.8, 4) is 0 Å². The maximum atomic E-state index is 12.7. The van der Waals surface area contributed by atoms with Crippen LogP contribution in [0.4, 0.5) is 0 Å². The monoisotopic (exact) mass is 387 g/mol. The Balaban J connectivity index is 1.56. The molecule has 0 atom stereocenters. The maximum absolute atomic E-state index is 12.7. The fourth-order valence-electron chi connectivity index (χ4n) is 3.15. The largest absolute Gasteiger partial charge is 0.481 e. The molecule has 3 rings (SSSR count). The quantitative estimate of drug-likeness (QED) is 0.517. The van der Waals surface area contributed by atoms with E-state index in [0.717, 1.165) is 29.7 Å².